The van der Waals surface area contributed by atoms with E-state index < -0.39 is 6.10 Å². The Hall–Kier alpha value is -1.39. The van der Waals surface area contributed by atoms with Crippen LogP contribution in [-0.2, 0) is 14.4 Å². The SMILES string of the molecule is CCOC(=O)CC(OO)c1ccccc1. The van der Waals surface area contributed by atoms with Gasteiger partial charge in [-0.3, -0.25) is 10.1 Å². The van der Waals surface area contributed by atoms with Gasteiger partial charge in [-0.2, -0.15) is 0 Å². The van der Waals surface area contributed by atoms with Gasteiger partial charge in [0.1, 0.15) is 6.10 Å². The van der Waals surface area contributed by atoms with Crippen molar-refractivity contribution in [1.29, 1.82) is 0 Å². The lowest BCUT2D eigenvalue weighted by atomic mass is 10.1. The number of carbonyl (C=O) groups excluding carboxylic acids is 1. The van der Waals surface area contributed by atoms with Crippen LogP contribution in [0.3, 0.4) is 0 Å². The highest BCUT2D eigenvalue weighted by Crippen LogP contribution is 2.20. The molecule has 0 saturated carbocycles. The number of rotatable bonds is 5. The molecule has 15 heavy (non-hydrogen) atoms. The minimum Gasteiger partial charge on any atom is -0.466 e. The van der Waals surface area contributed by atoms with Crippen LogP contribution in [0.1, 0.15) is 25.0 Å². The molecule has 0 aliphatic carbocycles. The van der Waals surface area contributed by atoms with Crippen molar-refractivity contribution in [2.24, 2.45) is 0 Å². The second kappa shape index (κ2) is 6.16. The van der Waals surface area contributed by atoms with Crippen LogP contribution in [-0.4, -0.2) is 17.8 Å². The third-order valence-electron chi connectivity index (χ3n) is 1.96. The Morgan fingerprint density at radius 2 is 2.07 bits per heavy atom. The fraction of sp³-hybridized carbons (Fsp3) is 0.364. The first-order chi connectivity index (χ1) is 7.27. The molecular formula is C11H14O4. The highest BCUT2D eigenvalue weighted by Gasteiger charge is 2.17. The standard InChI is InChI=1S/C11H14O4/c1-2-14-11(12)8-10(15-13)9-6-4-3-5-7-9/h3-7,10,13H,2,8H2,1H3. The molecule has 1 atom stereocenters. The number of esters is 1. The van der Waals surface area contributed by atoms with Crippen LogP contribution >= 0.6 is 0 Å². The summed E-state index contributed by atoms with van der Waals surface area (Å²) in [6, 6.07) is 9.03. The van der Waals surface area contributed by atoms with Crippen molar-refractivity contribution < 1.29 is 19.7 Å². The van der Waals surface area contributed by atoms with E-state index in [0.717, 1.165) is 5.56 Å². The largest absolute Gasteiger partial charge is 0.466 e. The third-order valence-corrected chi connectivity index (χ3v) is 1.96. The molecule has 0 amide bonds. The molecular weight excluding hydrogens is 196 g/mol. The van der Waals surface area contributed by atoms with Crippen LogP contribution in [0.25, 0.3) is 0 Å². The summed E-state index contributed by atoms with van der Waals surface area (Å²) in [5, 5.41) is 8.69. The summed E-state index contributed by atoms with van der Waals surface area (Å²) in [6.45, 7) is 2.06. The van der Waals surface area contributed by atoms with Gasteiger partial charge in [0.05, 0.1) is 13.0 Å². The lowest BCUT2D eigenvalue weighted by molar-refractivity contribution is -0.283. The summed E-state index contributed by atoms with van der Waals surface area (Å²) >= 11 is 0. The van der Waals surface area contributed by atoms with Gasteiger partial charge in [0.2, 0.25) is 0 Å². The van der Waals surface area contributed by atoms with Gasteiger partial charge >= 0.3 is 5.97 Å². The van der Waals surface area contributed by atoms with Gasteiger partial charge in [0.25, 0.3) is 0 Å². The predicted octanol–water partition coefficient (Wildman–Crippen LogP) is 2.17. The maximum Gasteiger partial charge on any atom is 0.308 e. The molecule has 0 fully saturated rings. The van der Waals surface area contributed by atoms with E-state index in [-0.39, 0.29) is 12.4 Å². The molecule has 0 aliphatic rings. The molecule has 4 nitrogen and oxygen atoms in total. The van der Waals surface area contributed by atoms with Crippen molar-refractivity contribution in [3.05, 3.63) is 35.9 Å². The number of hydrogen-bond donors (Lipinski definition) is 1. The van der Waals surface area contributed by atoms with Gasteiger partial charge < -0.3 is 4.74 Å². The maximum atomic E-state index is 11.2. The Morgan fingerprint density at radius 1 is 1.40 bits per heavy atom. The molecule has 1 aromatic rings. The quantitative estimate of drug-likeness (QED) is 0.459. The monoisotopic (exact) mass is 210 g/mol. The van der Waals surface area contributed by atoms with Gasteiger partial charge in [-0.1, -0.05) is 30.3 Å². The van der Waals surface area contributed by atoms with Crippen LogP contribution in [0.2, 0.25) is 0 Å². The lowest BCUT2D eigenvalue weighted by Crippen LogP contribution is -2.11. The molecule has 1 N–H and O–H groups in total. The van der Waals surface area contributed by atoms with E-state index in [0.29, 0.717) is 6.61 Å². The summed E-state index contributed by atoms with van der Waals surface area (Å²) in [6.07, 6.45) is -0.654. The molecule has 0 radical (unpaired) electrons. The van der Waals surface area contributed by atoms with E-state index in [9.17, 15) is 4.79 Å². The molecule has 1 rings (SSSR count). The maximum absolute atomic E-state index is 11.2. The average Bonchev–Trinajstić information content (AvgIpc) is 2.27. The van der Waals surface area contributed by atoms with Crippen LogP contribution < -0.4 is 0 Å². The van der Waals surface area contributed by atoms with Crippen molar-refractivity contribution in [2.75, 3.05) is 6.61 Å². The van der Waals surface area contributed by atoms with Crippen molar-refractivity contribution in [3.63, 3.8) is 0 Å². The average molecular weight is 210 g/mol. The summed E-state index contributed by atoms with van der Waals surface area (Å²) in [5.41, 5.74) is 0.744. The van der Waals surface area contributed by atoms with E-state index in [2.05, 4.69) is 4.89 Å². The summed E-state index contributed by atoms with van der Waals surface area (Å²) in [4.78, 5) is 15.4. The van der Waals surface area contributed by atoms with Gasteiger partial charge in [0.15, 0.2) is 0 Å². The Bertz CT molecular complexity index is 297. The van der Waals surface area contributed by atoms with Gasteiger partial charge in [-0.05, 0) is 12.5 Å². The molecule has 0 heterocycles. The van der Waals surface area contributed by atoms with Crippen molar-refractivity contribution in [1.82, 2.24) is 0 Å². The fourth-order valence-electron chi connectivity index (χ4n) is 1.25. The molecule has 0 saturated heterocycles. The molecule has 0 aromatic heterocycles. The molecule has 0 spiro atoms. The predicted molar refractivity (Wildman–Crippen MR) is 54.1 cm³/mol. The van der Waals surface area contributed by atoms with Crippen LogP contribution in [0.15, 0.2) is 30.3 Å². The van der Waals surface area contributed by atoms with Crippen molar-refractivity contribution in [2.45, 2.75) is 19.4 Å². The number of hydrogen-bond acceptors (Lipinski definition) is 4. The summed E-state index contributed by atoms with van der Waals surface area (Å²) in [5.74, 6) is -0.389. The van der Waals surface area contributed by atoms with E-state index in [1.807, 2.05) is 18.2 Å². The second-order valence-electron chi connectivity index (χ2n) is 3.01. The normalized spacial score (nSPS) is 12.1. The van der Waals surface area contributed by atoms with Gasteiger partial charge in [-0.15, -0.1) is 0 Å². The molecule has 0 bridgehead atoms. The topological polar surface area (TPSA) is 55.8 Å². The Balaban J connectivity index is 2.61. The highest BCUT2D eigenvalue weighted by atomic mass is 17.1. The molecule has 0 aliphatic heterocycles. The summed E-state index contributed by atoms with van der Waals surface area (Å²) < 4.78 is 4.77. The number of ether oxygens (including phenoxy) is 1. The first-order valence-electron chi connectivity index (χ1n) is 4.78. The Morgan fingerprint density at radius 3 is 2.60 bits per heavy atom. The molecule has 82 valence electrons. The lowest BCUT2D eigenvalue weighted by Gasteiger charge is -2.12. The highest BCUT2D eigenvalue weighted by molar-refractivity contribution is 5.70. The molecule has 1 unspecified atom stereocenters. The first-order valence-corrected chi connectivity index (χ1v) is 4.78. The zero-order valence-electron chi connectivity index (χ0n) is 8.55. The minimum atomic E-state index is -0.662. The zero-order valence-corrected chi connectivity index (χ0v) is 8.55. The second-order valence-corrected chi connectivity index (χ2v) is 3.01. The first kappa shape index (κ1) is 11.7. The van der Waals surface area contributed by atoms with Crippen LogP contribution in [0.4, 0.5) is 0 Å². The Kier molecular flexibility index (Phi) is 4.80. The van der Waals surface area contributed by atoms with Crippen LogP contribution in [0, 0.1) is 0 Å². The minimum absolute atomic E-state index is 0.00829. The van der Waals surface area contributed by atoms with E-state index >= 15 is 0 Å². The zero-order chi connectivity index (χ0) is 11.1. The van der Waals surface area contributed by atoms with Gasteiger partial charge in [-0.25, -0.2) is 4.89 Å². The third kappa shape index (κ3) is 3.69. The van der Waals surface area contributed by atoms with Crippen molar-refractivity contribution in [3.8, 4) is 0 Å². The van der Waals surface area contributed by atoms with Gasteiger partial charge in [0, 0.05) is 0 Å². The van der Waals surface area contributed by atoms with Crippen molar-refractivity contribution >= 4 is 5.97 Å². The molecule has 1 aromatic carbocycles. The Labute approximate surface area is 88.4 Å². The van der Waals surface area contributed by atoms with E-state index in [4.69, 9.17) is 9.99 Å². The number of benzene rings is 1. The fourth-order valence-corrected chi connectivity index (χ4v) is 1.25. The number of carbonyl (C=O) groups is 1. The summed E-state index contributed by atoms with van der Waals surface area (Å²) in [7, 11) is 0. The van der Waals surface area contributed by atoms with E-state index in [1.165, 1.54) is 0 Å². The van der Waals surface area contributed by atoms with E-state index in [1.54, 1.807) is 19.1 Å². The molecule has 4 heteroatoms. The smallest absolute Gasteiger partial charge is 0.308 e. The van der Waals surface area contributed by atoms with Crippen LogP contribution in [0.5, 0.6) is 0 Å².